The van der Waals surface area contributed by atoms with Crippen LogP contribution in [0, 0.1) is 30.1 Å². The number of fused-ring (bicyclic) bond motifs is 4. The summed E-state index contributed by atoms with van der Waals surface area (Å²) >= 11 is 31.4. The van der Waals surface area contributed by atoms with Gasteiger partial charge in [-0.2, -0.15) is 0 Å². The molecule has 8 aromatic heterocycles. The predicted molar refractivity (Wildman–Crippen MR) is 481 cm³/mol. The number of nitrogens with two attached hydrogens (primary N) is 4. The molecule has 4 aromatic carbocycles. The fourth-order valence-electron chi connectivity index (χ4n) is 11.4. The van der Waals surface area contributed by atoms with Crippen LogP contribution in [0.3, 0.4) is 0 Å². The van der Waals surface area contributed by atoms with Crippen LogP contribution in [0.5, 0.6) is 0 Å². The molecule has 0 aliphatic heterocycles. The van der Waals surface area contributed by atoms with Crippen molar-refractivity contribution in [2.24, 2.45) is 5.92 Å². The van der Waals surface area contributed by atoms with Crippen LogP contribution in [0.4, 0.5) is 23.3 Å². The number of halogens is 4. The molecule has 24 nitrogen and oxygen atoms in total. The van der Waals surface area contributed by atoms with E-state index in [0.717, 1.165) is 169 Å². The van der Waals surface area contributed by atoms with Gasteiger partial charge in [-0.25, -0.2) is 59.8 Å². The van der Waals surface area contributed by atoms with E-state index in [0.29, 0.717) is 95.5 Å². The Bertz CT molecular complexity index is 5470. The minimum absolute atomic E-state index is 0.297. The van der Waals surface area contributed by atoms with E-state index in [2.05, 4.69) is 211 Å². The first-order chi connectivity index (χ1) is 54.9. The van der Waals surface area contributed by atoms with E-state index in [4.69, 9.17) is 90.7 Å². The summed E-state index contributed by atoms with van der Waals surface area (Å²) < 4.78 is 8.38. The molecule has 0 saturated carbocycles. The summed E-state index contributed by atoms with van der Waals surface area (Å²) in [6.07, 6.45) is 15.2. The standard InChI is InChI=1S/C22H29ClN6S.C22H27ClN6S.C20H25ClN6S.C19H21ClN6S/c1-13(2)15(5)16-9-17(23)11-18(10-16)30-22-28-19-20(24)26-12-27-21(19)29(22)8-6-7-25-14(3)4;1-14(2)6-7-16-10-17(23)12-18(11-16)30-22-28-19-20(24)26-13-27-21(19)29(22)9-5-8-25-15(3)4;1-12(2)14-8-15(21)10-16(9-14)28-20-26-17-18(22)24-11-25-19(17)27(20)7-5-6-23-13(3)4;1-4-13-8-14(20)10-15(9-13)27-19-25-16-17(21)23-11-24-18(16)26(19)7-5-6-22-12(2)3/h9-12,14,25H,6-8H2,1-5H3,(H2,24,26,27);10-15,25H,5,8-9H2,1-4H3,(H2,24,26,27);8-11,13,23H,1,5-7H2,2-4H3,(H2,22,24,25);1,8-12,22H,5-7H2,2-3H3,(H2,21,23,24). The number of terminal acetylenes is 1. The van der Waals surface area contributed by atoms with Gasteiger partial charge in [0.1, 0.15) is 25.3 Å². The third-order valence-electron chi connectivity index (χ3n) is 17.2. The largest absolute Gasteiger partial charge is 0.382 e. The summed E-state index contributed by atoms with van der Waals surface area (Å²) in [5.41, 5.74) is 36.9. The molecule has 12 rings (SSSR count). The number of nitrogens with zero attached hydrogens (tertiary/aromatic N) is 16. The lowest BCUT2D eigenvalue weighted by Gasteiger charge is -2.12. The molecular formula is C83H102Cl4N24S4. The monoisotopic (exact) mass is 1700 g/mol. The number of nitrogen functional groups attached to an aromatic ring is 4. The number of hydrogen-bond donors (Lipinski definition) is 8. The number of rotatable bonds is 30. The number of aryl methyl sites for hydroxylation is 4. The first kappa shape index (κ1) is 90.2. The Morgan fingerprint density at radius 2 is 0.696 bits per heavy atom. The van der Waals surface area contributed by atoms with Crippen molar-refractivity contribution in [3.05, 3.63) is 153 Å². The number of aromatic nitrogens is 16. The summed E-state index contributed by atoms with van der Waals surface area (Å²) in [4.78, 5) is 56.8. The molecule has 0 atom stereocenters. The van der Waals surface area contributed by atoms with Gasteiger partial charge in [0.15, 0.2) is 88.6 Å². The van der Waals surface area contributed by atoms with Crippen molar-refractivity contribution in [3.63, 3.8) is 0 Å². The summed E-state index contributed by atoms with van der Waals surface area (Å²) in [5, 5.41) is 19.6. The molecule has 0 amide bonds. The molecule has 12 N–H and O–H groups in total. The molecule has 0 unspecified atom stereocenters. The van der Waals surface area contributed by atoms with Crippen molar-refractivity contribution >= 4 is 173 Å². The molecule has 0 aliphatic rings. The van der Waals surface area contributed by atoms with Crippen LogP contribution >= 0.6 is 93.5 Å². The number of anilines is 4. The van der Waals surface area contributed by atoms with E-state index in [9.17, 15) is 0 Å². The molecular weight excluding hydrogens is 1600 g/mol. The van der Waals surface area contributed by atoms with Gasteiger partial charge in [-0.3, -0.25) is 0 Å². The third-order valence-corrected chi connectivity index (χ3v) is 22.0. The van der Waals surface area contributed by atoms with Gasteiger partial charge in [0.25, 0.3) is 0 Å². The molecule has 0 radical (unpaired) electrons. The molecule has 32 heteroatoms. The van der Waals surface area contributed by atoms with Crippen LogP contribution < -0.4 is 44.2 Å². The van der Waals surface area contributed by atoms with Gasteiger partial charge in [0, 0.05) is 107 Å². The van der Waals surface area contributed by atoms with Crippen LogP contribution in [0.15, 0.2) is 150 Å². The van der Waals surface area contributed by atoms with Crippen LogP contribution in [0.25, 0.3) is 55.8 Å². The maximum atomic E-state index is 6.43. The Balaban J connectivity index is 0.000000176. The van der Waals surface area contributed by atoms with Crippen LogP contribution in [0.2, 0.25) is 20.1 Å². The van der Waals surface area contributed by atoms with Gasteiger partial charge in [0.05, 0.1) is 0 Å². The van der Waals surface area contributed by atoms with E-state index < -0.39 is 0 Å². The van der Waals surface area contributed by atoms with Crippen LogP contribution in [-0.4, -0.2) is 128 Å². The summed E-state index contributed by atoms with van der Waals surface area (Å²) in [6.45, 7) is 40.3. The quantitative estimate of drug-likeness (QED) is 0.0153. The van der Waals surface area contributed by atoms with Gasteiger partial charge in [0.2, 0.25) is 0 Å². The molecule has 8 heterocycles. The maximum Gasteiger partial charge on any atom is 0.175 e. The number of nitrogens with one attached hydrogen (secondary N) is 4. The minimum Gasteiger partial charge on any atom is -0.382 e. The molecule has 0 saturated heterocycles. The van der Waals surface area contributed by atoms with E-state index in [1.54, 1.807) is 29.6 Å². The second-order valence-electron chi connectivity index (χ2n) is 28.8. The van der Waals surface area contributed by atoms with E-state index in [1.807, 2.05) is 61.5 Å². The highest BCUT2D eigenvalue weighted by atomic mass is 35.5. The third kappa shape index (κ3) is 26.4. The smallest absolute Gasteiger partial charge is 0.175 e. The lowest BCUT2D eigenvalue weighted by molar-refractivity contribution is 0.525. The molecule has 606 valence electrons. The summed E-state index contributed by atoms with van der Waals surface area (Å²) in [5.74, 6) is 10.8. The highest BCUT2D eigenvalue weighted by Crippen LogP contribution is 2.39. The highest BCUT2D eigenvalue weighted by molar-refractivity contribution is 8.00. The van der Waals surface area contributed by atoms with Gasteiger partial charge in [-0.05, 0) is 169 Å². The van der Waals surface area contributed by atoms with E-state index >= 15 is 0 Å². The first-order valence-corrected chi connectivity index (χ1v) is 42.7. The number of benzene rings is 4. The Kier molecular flexibility index (Phi) is 34.1. The van der Waals surface area contributed by atoms with Crippen molar-refractivity contribution in [3.8, 4) is 24.2 Å². The normalized spacial score (nSPS) is 11.4. The number of hydrogen-bond acceptors (Lipinski definition) is 24. The van der Waals surface area contributed by atoms with E-state index in [-0.39, 0.29) is 0 Å². The maximum absolute atomic E-state index is 6.43. The topological polar surface area (TPSA) is 327 Å². The Morgan fingerprint density at radius 1 is 0.409 bits per heavy atom. The van der Waals surface area contributed by atoms with Gasteiger partial charge < -0.3 is 62.5 Å². The molecule has 0 fully saturated rings. The van der Waals surface area contributed by atoms with Crippen LogP contribution in [-0.2, 0) is 26.2 Å². The lowest BCUT2D eigenvalue weighted by Crippen LogP contribution is -2.24. The lowest BCUT2D eigenvalue weighted by atomic mass is 10.0. The number of imidazole rings is 4. The summed E-state index contributed by atoms with van der Waals surface area (Å²) in [6, 6.07) is 25.2. The molecule has 0 bridgehead atoms. The zero-order valence-corrected chi connectivity index (χ0v) is 73.8. The highest BCUT2D eigenvalue weighted by Gasteiger charge is 2.22. The second kappa shape index (κ2) is 43.5. The average Bonchev–Trinajstić information content (AvgIpc) is 1.66. The van der Waals surface area contributed by atoms with Crippen molar-refractivity contribution in [2.75, 3.05) is 49.1 Å². The summed E-state index contributed by atoms with van der Waals surface area (Å²) in [7, 11) is 0. The minimum atomic E-state index is 0.297. The van der Waals surface area contributed by atoms with Crippen molar-refractivity contribution in [1.29, 1.82) is 0 Å². The predicted octanol–water partition coefficient (Wildman–Crippen LogP) is 18.2. The van der Waals surface area contributed by atoms with Gasteiger partial charge in [-0.15, -0.1) is 6.42 Å². The Hall–Kier alpha value is -8.72. The average molecular weight is 1710 g/mol. The van der Waals surface area contributed by atoms with Crippen LogP contribution in [0.1, 0.15) is 145 Å². The number of allylic oxidation sites excluding steroid dienone is 3. The Morgan fingerprint density at radius 3 is 0.991 bits per heavy atom. The second-order valence-corrected chi connectivity index (χ2v) is 34.8. The zero-order valence-electron chi connectivity index (χ0n) is 67.5. The fraction of sp³-hybridized carbons (Fsp3) is 0.373. The Labute approximate surface area is 711 Å². The fourth-order valence-corrected chi connectivity index (χ4v) is 16.6. The SMILES string of the molecule is C#Cc1cc(Cl)cc(Sc2nc3c(N)ncnc3n2CCCNC(C)C)c1.C=C(C)c1cc(Cl)cc(Sc2nc3c(N)ncnc3n2CCCNC(C)C)c1.CC(C)=C(C)c1cc(Cl)cc(Sc2nc3c(N)ncnc3n2CCCNC(C)C)c1.CC(C)C#Cc1cc(Cl)cc(Sc2nc3c(N)ncnc3n2CCCNC(C)C)c1. The van der Waals surface area contributed by atoms with Crippen molar-refractivity contribution in [2.45, 2.75) is 213 Å². The molecule has 0 spiro atoms. The first-order valence-electron chi connectivity index (χ1n) is 37.9. The molecule has 12 aromatic rings. The van der Waals surface area contributed by atoms with Gasteiger partial charge in [-0.1, -0.05) is 198 Å². The zero-order chi connectivity index (χ0) is 83.2. The van der Waals surface area contributed by atoms with Gasteiger partial charge >= 0.3 is 0 Å². The van der Waals surface area contributed by atoms with Crippen molar-refractivity contribution < 1.29 is 0 Å². The van der Waals surface area contributed by atoms with E-state index in [1.165, 1.54) is 60.0 Å². The molecule has 0 aliphatic carbocycles. The van der Waals surface area contributed by atoms with Crippen molar-refractivity contribution in [1.82, 2.24) is 99.3 Å². The molecule has 115 heavy (non-hydrogen) atoms.